The van der Waals surface area contributed by atoms with E-state index in [-0.39, 0.29) is 17.6 Å². The standard InChI is InChI=1S/C15H15N3O2/c1-17-14(19)16-18(15(17)20)13-9-7-12(8-10-13)11-5-3-2-4-6-11/h2-10,12-13H,1H3,(H,16,19). The van der Waals surface area contributed by atoms with Gasteiger partial charge in [-0.05, 0) is 5.56 Å². The van der Waals surface area contributed by atoms with Crippen LogP contribution in [0.5, 0.6) is 0 Å². The van der Waals surface area contributed by atoms with Gasteiger partial charge in [0.2, 0.25) is 0 Å². The molecule has 1 aliphatic rings. The molecule has 1 aromatic heterocycles. The molecule has 0 spiro atoms. The largest absolute Gasteiger partial charge is 0.347 e. The first kappa shape index (κ1) is 12.5. The van der Waals surface area contributed by atoms with Crippen LogP contribution in [0.2, 0.25) is 0 Å². The first-order valence-corrected chi connectivity index (χ1v) is 6.46. The Morgan fingerprint density at radius 1 is 1.00 bits per heavy atom. The number of rotatable bonds is 2. The minimum atomic E-state index is -0.401. The maximum atomic E-state index is 11.9. The summed E-state index contributed by atoms with van der Waals surface area (Å²) >= 11 is 0. The minimum Gasteiger partial charge on any atom is -0.246 e. The van der Waals surface area contributed by atoms with Crippen molar-refractivity contribution in [1.29, 1.82) is 0 Å². The molecule has 2 aromatic rings. The van der Waals surface area contributed by atoms with Gasteiger partial charge in [-0.3, -0.25) is 0 Å². The normalized spacial score (nSPS) is 21.2. The lowest BCUT2D eigenvalue weighted by Gasteiger charge is -2.17. The molecule has 1 aromatic carbocycles. The van der Waals surface area contributed by atoms with Crippen LogP contribution in [0.1, 0.15) is 17.5 Å². The fourth-order valence-electron chi connectivity index (χ4n) is 2.34. The molecule has 102 valence electrons. The molecule has 0 fully saturated rings. The summed E-state index contributed by atoms with van der Waals surface area (Å²) in [6, 6.07) is 9.88. The Morgan fingerprint density at radius 3 is 2.20 bits per heavy atom. The second-order valence-electron chi connectivity index (χ2n) is 4.83. The molecule has 0 radical (unpaired) electrons. The average Bonchev–Trinajstić information content (AvgIpc) is 2.76. The van der Waals surface area contributed by atoms with E-state index >= 15 is 0 Å². The highest BCUT2D eigenvalue weighted by molar-refractivity contribution is 5.32. The van der Waals surface area contributed by atoms with E-state index in [1.54, 1.807) is 0 Å². The predicted octanol–water partition coefficient (Wildman–Crippen LogP) is 1.33. The van der Waals surface area contributed by atoms with Gasteiger partial charge in [0, 0.05) is 13.0 Å². The van der Waals surface area contributed by atoms with Crippen molar-refractivity contribution in [2.75, 3.05) is 0 Å². The lowest BCUT2D eigenvalue weighted by molar-refractivity contribution is 0.585. The highest BCUT2D eigenvalue weighted by Crippen LogP contribution is 2.25. The highest BCUT2D eigenvalue weighted by atomic mass is 16.2. The average molecular weight is 269 g/mol. The Bertz CT molecular complexity index is 763. The molecular weight excluding hydrogens is 254 g/mol. The van der Waals surface area contributed by atoms with Crippen LogP contribution in [0, 0.1) is 0 Å². The van der Waals surface area contributed by atoms with Gasteiger partial charge >= 0.3 is 11.4 Å². The number of nitrogens with zero attached hydrogens (tertiary/aromatic N) is 2. The third-order valence-corrected chi connectivity index (χ3v) is 3.53. The summed E-state index contributed by atoms with van der Waals surface area (Å²) in [7, 11) is 1.46. The Morgan fingerprint density at radius 2 is 1.65 bits per heavy atom. The molecule has 0 unspecified atom stereocenters. The fourth-order valence-corrected chi connectivity index (χ4v) is 2.34. The van der Waals surface area contributed by atoms with Crippen LogP contribution in [0.4, 0.5) is 0 Å². The van der Waals surface area contributed by atoms with Gasteiger partial charge in [-0.15, -0.1) is 0 Å². The van der Waals surface area contributed by atoms with Crippen LogP contribution >= 0.6 is 0 Å². The summed E-state index contributed by atoms with van der Waals surface area (Å²) in [4.78, 5) is 23.3. The molecular formula is C15H15N3O2. The zero-order valence-electron chi connectivity index (χ0n) is 11.1. The molecule has 0 saturated heterocycles. The Hall–Kier alpha value is -2.56. The van der Waals surface area contributed by atoms with Crippen molar-refractivity contribution in [3.8, 4) is 0 Å². The van der Waals surface area contributed by atoms with E-state index in [0.717, 1.165) is 4.57 Å². The van der Waals surface area contributed by atoms with Crippen molar-refractivity contribution >= 4 is 0 Å². The highest BCUT2D eigenvalue weighted by Gasteiger charge is 2.16. The summed E-state index contributed by atoms with van der Waals surface area (Å²) in [6.45, 7) is 0. The summed E-state index contributed by atoms with van der Waals surface area (Å²) in [5.41, 5.74) is 0.460. The first-order chi connectivity index (χ1) is 9.66. The maximum absolute atomic E-state index is 11.9. The van der Waals surface area contributed by atoms with E-state index in [1.165, 1.54) is 17.3 Å². The zero-order valence-corrected chi connectivity index (χ0v) is 11.1. The molecule has 3 rings (SSSR count). The Labute approximate surface area is 115 Å². The molecule has 5 nitrogen and oxygen atoms in total. The molecule has 1 heterocycles. The Kier molecular flexibility index (Phi) is 3.02. The van der Waals surface area contributed by atoms with Gasteiger partial charge in [0.05, 0.1) is 6.04 Å². The van der Waals surface area contributed by atoms with Crippen LogP contribution in [-0.2, 0) is 7.05 Å². The quantitative estimate of drug-likeness (QED) is 0.836. The van der Waals surface area contributed by atoms with Crippen LogP contribution in [0.3, 0.4) is 0 Å². The van der Waals surface area contributed by atoms with Gasteiger partial charge in [-0.2, -0.15) is 0 Å². The van der Waals surface area contributed by atoms with Crippen molar-refractivity contribution in [2.24, 2.45) is 7.05 Å². The van der Waals surface area contributed by atoms with Gasteiger partial charge in [-0.25, -0.2) is 23.9 Å². The molecule has 1 N–H and O–H groups in total. The number of allylic oxidation sites excluding steroid dienone is 4. The van der Waals surface area contributed by atoms with E-state index in [9.17, 15) is 9.59 Å². The monoisotopic (exact) mass is 269 g/mol. The number of aromatic amines is 1. The van der Waals surface area contributed by atoms with Gasteiger partial charge in [0.1, 0.15) is 0 Å². The van der Waals surface area contributed by atoms with Gasteiger partial charge < -0.3 is 0 Å². The minimum absolute atomic E-state index is 0.207. The molecule has 0 bridgehead atoms. The van der Waals surface area contributed by atoms with Crippen molar-refractivity contribution in [3.05, 3.63) is 81.2 Å². The second-order valence-corrected chi connectivity index (χ2v) is 4.83. The van der Waals surface area contributed by atoms with Crippen LogP contribution in [0.15, 0.2) is 64.2 Å². The number of aromatic nitrogens is 3. The molecule has 0 amide bonds. The van der Waals surface area contributed by atoms with Crippen molar-refractivity contribution in [2.45, 2.75) is 12.0 Å². The van der Waals surface area contributed by atoms with Crippen LogP contribution in [-0.4, -0.2) is 14.3 Å². The molecule has 5 heteroatoms. The van der Waals surface area contributed by atoms with E-state index in [1.807, 2.05) is 42.5 Å². The van der Waals surface area contributed by atoms with Crippen LogP contribution < -0.4 is 11.4 Å². The summed E-state index contributed by atoms with van der Waals surface area (Å²) in [6.07, 6.45) is 7.93. The van der Waals surface area contributed by atoms with Crippen molar-refractivity contribution < 1.29 is 0 Å². The van der Waals surface area contributed by atoms with Crippen LogP contribution in [0.25, 0.3) is 0 Å². The number of H-pyrrole nitrogens is 1. The summed E-state index contributed by atoms with van der Waals surface area (Å²) in [5.74, 6) is 0.207. The maximum Gasteiger partial charge on any atom is 0.347 e. The molecule has 0 aliphatic heterocycles. The third-order valence-electron chi connectivity index (χ3n) is 3.53. The second kappa shape index (κ2) is 4.85. The molecule has 0 atom stereocenters. The molecule has 0 saturated carbocycles. The molecule has 1 aliphatic carbocycles. The van der Waals surface area contributed by atoms with E-state index < -0.39 is 5.69 Å². The van der Waals surface area contributed by atoms with Crippen molar-refractivity contribution in [1.82, 2.24) is 14.3 Å². The lowest BCUT2D eigenvalue weighted by atomic mass is 9.93. The number of benzene rings is 1. The van der Waals surface area contributed by atoms with E-state index in [2.05, 4.69) is 17.2 Å². The van der Waals surface area contributed by atoms with Gasteiger partial charge in [-0.1, -0.05) is 54.6 Å². The SMILES string of the molecule is Cn1c(=O)[nH]n(C2C=CC(c3ccccc3)C=C2)c1=O. The molecule has 20 heavy (non-hydrogen) atoms. The Balaban J connectivity index is 1.88. The van der Waals surface area contributed by atoms with E-state index in [4.69, 9.17) is 0 Å². The topological polar surface area (TPSA) is 59.8 Å². The third kappa shape index (κ3) is 2.07. The van der Waals surface area contributed by atoms with Gasteiger partial charge in [0.25, 0.3) is 0 Å². The number of nitrogens with one attached hydrogen (secondary N) is 1. The predicted molar refractivity (Wildman–Crippen MR) is 76.8 cm³/mol. The first-order valence-electron chi connectivity index (χ1n) is 6.46. The summed E-state index contributed by atoms with van der Waals surface area (Å²) < 4.78 is 2.39. The fraction of sp³-hybridized carbons (Fsp3) is 0.200. The smallest absolute Gasteiger partial charge is 0.246 e. The summed E-state index contributed by atoms with van der Waals surface area (Å²) in [5, 5.41) is 2.55. The number of hydrogen-bond acceptors (Lipinski definition) is 2. The number of hydrogen-bond donors (Lipinski definition) is 1. The zero-order chi connectivity index (χ0) is 14.1. The van der Waals surface area contributed by atoms with Crippen molar-refractivity contribution in [3.63, 3.8) is 0 Å². The van der Waals surface area contributed by atoms with Gasteiger partial charge in [0.15, 0.2) is 0 Å². The van der Waals surface area contributed by atoms with E-state index in [0.29, 0.717) is 0 Å². The lowest BCUT2D eigenvalue weighted by Crippen LogP contribution is -2.27.